The molecule has 0 amide bonds. The van der Waals surface area contributed by atoms with E-state index in [1.807, 2.05) is 6.92 Å². The first kappa shape index (κ1) is 13.5. The van der Waals surface area contributed by atoms with Crippen LogP contribution in [0, 0.1) is 0 Å². The lowest BCUT2D eigenvalue weighted by Gasteiger charge is -2.15. The van der Waals surface area contributed by atoms with Gasteiger partial charge in [-0.15, -0.1) is 0 Å². The summed E-state index contributed by atoms with van der Waals surface area (Å²) in [4.78, 5) is 7.59. The van der Waals surface area contributed by atoms with E-state index in [1.165, 1.54) is 12.4 Å². The number of rotatable bonds is 5. The van der Waals surface area contributed by atoms with Crippen molar-refractivity contribution in [3.05, 3.63) is 12.4 Å². The van der Waals surface area contributed by atoms with Gasteiger partial charge in [0.15, 0.2) is 6.10 Å². The van der Waals surface area contributed by atoms with Crippen molar-refractivity contribution in [2.24, 2.45) is 0 Å². The van der Waals surface area contributed by atoms with E-state index in [-0.39, 0.29) is 5.82 Å². The lowest BCUT2D eigenvalue weighted by Crippen LogP contribution is -2.35. The molecule has 1 unspecified atom stereocenters. The molecule has 1 aromatic rings. The van der Waals surface area contributed by atoms with Crippen molar-refractivity contribution in [2.45, 2.75) is 19.2 Å². The lowest BCUT2D eigenvalue weighted by atomic mass is 10.3. The number of nitrogens with one attached hydrogen (secondary N) is 2. The quantitative estimate of drug-likeness (QED) is 0.733. The fraction of sp³-hybridized carbons (Fsp3) is 0.556. The van der Waals surface area contributed by atoms with Crippen LogP contribution in [0.15, 0.2) is 12.4 Å². The predicted molar refractivity (Wildman–Crippen MR) is 56.7 cm³/mol. The zero-order valence-electron chi connectivity index (χ0n) is 9.12. The van der Waals surface area contributed by atoms with Gasteiger partial charge in [-0.1, -0.05) is 0 Å². The summed E-state index contributed by atoms with van der Waals surface area (Å²) in [5, 5.41) is 14.1. The van der Waals surface area contributed by atoms with Crippen molar-refractivity contribution in [2.75, 3.05) is 23.7 Å². The second-order valence-corrected chi connectivity index (χ2v) is 3.26. The topological polar surface area (TPSA) is 70.1 Å². The number of hydrogen-bond acceptors (Lipinski definition) is 5. The Bertz CT molecular complexity index is 358. The van der Waals surface area contributed by atoms with Gasteiger partial charge in [0.2, 0.25) is 0 Å². The van der Waals surface area contributed by atoms with E-state index in [2.05, 4.69) is 20.6 Å². The average molecular weight is 250 g/mol. The second kappa shape index (κ2) is 5.67. The molecule has 3 N–H and O–H groups in total. The molecule has 0 aliphatic heterocycles. The van der Waals surface area contributed by atoms with Crippen LogP contribution in [-0.4, -0.2) is 40.4 Å². The van der Waals surface area contributed by atoms with Gasteiger partial charge in [0.1, 0.15) is 18.0 Å². The van der Waals surface area contributed by atoms with Crippen LogP contribution in [0.25, 0.3) is 0 Å². The molecule has 0 aromatic carbocycles. The van der Waals surface area contributed by atoms with Crippen LogP contribution >= 0.6 is 0 Å². The van der Waals surface area contributed by atoms with Crippen molar-refractivity contribution in [1.29, 1.82) is 0 Å². The molecule has 96 valence electrons. The first-order chi connectivity index (χ1) is 7.93. The fourth-order valence-corrected chi connectivity index (χ4v) is 1.05. The van der Waals surface area contributed by atoms with Gasteiger partial charge in [0, 0.05) is 12.6 Å². The first-order valence-electron chi connectivity index (χ1n) is 4.98. The monoisotopic (exact) mass is 250 g/mol. The van der Waals surface area contributed by atoms with Crippen LogP contribution < -0.4 is 10.6 Å². The van der Waals surface area contributed by atoms with Crippen molar-refractivity contribution in [1.82, 2.24) is 9.97 Å². The van der Waals surface area contributed by atoms with Crippen LogP contribution in [0.4, 0.5) is 24.8 Å². The minimum absolute atomic E-state index is 0.222. The normalized spacial score (nSPS) is 13.2. The lowest BCUT2D eigenvalue weighted by molar-refractivity contribution is -0.198. The summed E-state index contributed by atoms with van der Waals surface area (Å²) in [7, 11) is 0. The SMILES string of the molecule is CCNc1cc(NCC(O)C(F)(F)F)ncn1. The Balaban J connectivity index is 2.54. The Kier molecular flexibility index (Phi) is 4.50. The third-order valence-electron chi connectivity index (χ3n) is 1.88. The Morgan fingerprint density at radius 2 is 1.88 bits per heavy atom. The molecule has 17 heavy (non-hydrogen) atoms. The minimum atomic E-state index is -4.63. The molecular formula is C9H13F3N4O. The van der Waals surface area contributed by atoms with Gasteiger partial charge in [0.05, 0.1) is 6.54 Å². The van der Waals surface area contributed by atoms with E-state index < -0.39 is 18.8 Å². The molecule has 1 rings (SSSR count). The van der Waals surface area contributed by atoms with Crippen LogP contribution in [0.3, 0.4) is 0 Å². The molecule has 0 bridgehead atoms. The van der Waals surface area contributed by atoms with E-state index in [9.17, 15) is 13.2 Å². The van der Waals surface area contributed by atoms with E-state index >= 15 is 0 Å². The molecule has 0 aliphatic rings. The summed E-state index contributed by atoms with van der Waals surface area (Å²) in [5.41, 5.74) is 0. The summed E-state index contributed by atoms with van der Waals surface area (Å²) < 4.78 is 36.1. The van der Waals surface area contributed by atoms with Gasteiger partial charge < -0.3 is 15.7 Å². The van der Waals surface area contributed by atoms with Gasteiger partial charge >= 0.3 is 6.18 Å². The molecule has 1 atom stereocenters. The number of nitrogens with zero attached hydrogens (tertiary/aromatic N) is 2. The highest BCUT2D eigenvalue weighted by atomic mass is 19.4. The number of aromatic nitrogens is 2. The highest BCUT2D eigenvalue weighted by Crippen LogP contribution is 2.20. The molecule has 1 heterocycles. The number of aliphatic hydroxyl groups excluding tert-OH is 1. The van der Waals surface area contributed by atoms with Gasteiger partial charge in [-0.25, -0.2) is 9.97 Å². The van der Waals surface area contributed by atoms with E-state index in [0.29, 0.717) is 12.4 Å². The third-order valence-corrected chi connectivity index (χ3v) is 1.88. The molecule has 8 heteroatoms. The molecule has 0 radical (unpaired) electrons. The number of aliphatic hydroxyl groups is 1. The first-order valence-corrected chi connectivity index (χ1v) is 4.98. The number of anilines is 2. The summed E-state index contributed by atoms with van der Waals surface area (Å²) in [6, 6.07) is 1.46. The predicted octanol–water partition coefficient (Wildman–Crippen LogP) is 1.24. The Hall–Kier alpha value is -1.57. The van der Waals surface area contributed by atoms with Crippen molar-refractivity contribution >= 4 is 11.6 Å². The Morgan fingerprint density at radius 1 is 1.29 bits per heavy atom. The number of alkyl halides is 3. The van der Waals surface area contributed by atoms with Crippen LogP contribution in [0.5, 0.6) is 0 Å². The Morgan fingerprint density at radius 3 is 2.41 bits per heavy atom. The van der Waals surface area contributed by atoms with E-state index in [1.54, 1.807) is 0 Å². The molecule has 5 nitrogen and oxygen atoms in total. The zero-order valence-corrected chi connectivity index (χ0v) is 9.12. The summed E-state index contributed by atoms with van der Waals surface area (Å²) >= 11 is 0. The zero-order chi connectivity index (χ0) is 12.9. The Labute approximate surface area is 96.1 Å². The second-order valence-electron chi connectivity index (χ2n) is 3.26. The average Bonchev–Trinajstić information content (AvgIpc) is 2.25. The maximum absolute atomic E-state index is 12.0. The highest BCUT2D eigenvalue weighted by Gasteiger charge is 2.37. The van der Waals surface area contributed by atoms with Gasteiger partial charge in [-0.05, 0) is 6.92 Å². The minimum Gasteiger partial charge on any atom is -0.382 e. The molecule has 0 saturated carbocycles. The molecule has 0 saturated heterocycles. The van der Waals surface area contributed by atoms with Crippen molar-refractivity contribution in [3.63, 3.8) is 0 Å². The summed E-state index contributed by atoms with van der Waals surface area (Å²) in [6.07, 6.45) is -5.83. The van der Waals surface area contributed by atoms with Crippen molar-refractivity contribution in [3.8, 4) is 0 Å². The van der Waals surface area contributed by atoms with Gasteiger partial charge in [-0.3, -0.25) is 0 Å². The highest BCUT2D eigenvalue weighted by molar-refractivity contribution is 5.46. The maximum Gasteiger partial charge on any atom is 0.416 e. The van der Waals surface area contributed by atoms with E-state index in [4.69, 9.17) is 5.11 Å². The fourth-order valence-electron chi connectivity index (χ4n) is 1.05. The smallest absolute Gasteiger partial charge is 0.382 e. The number of hydrogen-bond donors (Lipinski definition) is 3. The van der Waals surface area contributed by atoms with Crippen LogP contribution in [-0.2, 0) is 0 Å². The summed E-state index contributed by atoms with van der Waals surface area (Å²) in [5.74, 6) is 0.728. The molecule has 0 fully saturated rings. The van der Waals surface area contributed by atoms with Crippen LogP contribution in [0.2, 0.25) is 0 Å². The van der Waals surface area contributed by atoms with Crippen molar-refractivity contribution < 1.29 is 18.3 Å². The molecular weight excluding hydrogens is 237 g/mol. The van der Waals surface area contributed by atoms with Gasteiger partial charge in [-0.2, -0.15) is 13.2 Å². The van der Waals surface area contributed by atoms with E-state index in [0.717, 1.165) is 0 Å². The largest absolute Gasteiger partial charge is 0.416 e. The molecule has 0 spiro atoms. The van der Waals surface area contributed by atoms with Crippen LogP contribution in [0.1, 0.15) is 6.92 Å². The summed E-state index contributed by atoms with van der Waals surface area (Å²) in [6.45, 7) is 1.86. The third kappa shape index (κ3) is 4.43. The number of halogens is 3. The molecule has 1 aromatic heterocycles. The standard InChI is InChI=1S/C9H13F3N4O/c1-2-13-7-3-8(16-5-15-7)14-4-6(17)9(10,11)12/h3,5-6,17H,2,4H2,1H3,(H2,13,14,15,16). The maximum atomic E-state index is 12.0. The van der Waals surface area contributed by atoms with Gasteiger partial charge in [0.25, 0.3) is 0 Å². The molecule has 0 aliphatic carbocycles.